The molecule has 0 aliphatic carbocycles. The highest BCUT2D eigenvalue weighted by atomic mass is 32.2. The second-order valence-electron chi connectivity index (χ2n) is 7.46. The minimum atomic E-state index is -3.85. The van der Waals surface area contributed by atoms with E-state index in [0.29, 0.717) is 30.0 Å². The third-order valence-electron chi connectivity index (χ3n) is 5.39. The van der Waals surface area contributed by atoms with E-state index in [-0.39, 0.29) is 16.4 Å². The summed E-state index contributed by atoms with van der Waals surface area (Å²) >= 11 is 0. The van der Waals surface area contributed by atoms with Gasteiger partial charge < -0.3 is 10.2 Å². The van der Waals surface area contributed by atoms with Crippen molar-refractivity contribution in [3.63, 3.8) is 0 Å². The van der Waals surface area contributed by atoms with Crippen LogP contribution >= 0.6 is 0 Å². The number of nitrogens with one attached hydrogen (secondary N) is 1. The van der Waals surface area contributed by atoms with E-state index < -0.39 is 15.9 Å². The van der Waals surface area contributed by atoms with Gasteiger partial charge in [0.05, 0.1) is 22.0 Å². The van der Waals surface area contributed by atoms with Crippen molar-refractivity contribution < 1.29 is 18.0 Å². The fraction of sp³-hybridized carbons (Fsp3) is 0.167. The van der Waals surface area contributed by atoms with Crippen molar-refractivity contribution in [2.75, 3.05) is 28.1 Å². The number of para-hydroxylation sites is 3. The van der Waals surface area contributed by atoms with E-state index in [2.05, 4.69) is 5.32 Å². The van der Waals surface area contributed by atoms with Crippen LogP contribution < -0.4 is 14.5 Å². The maximum absolute atomic E-state index is 13.1. The first kappa shape index (κ1) is 21.6. The Kier molecular flexibility index (Phi) is 5.96. The Labute approximate surface area is 187 Å². The van der Waals surface area contributed by atoms with Crippen molar-refractivity contribution in [2.24, 2.45) is 0 Å². The molecule has 3 aromatic rings. The predicted molar refractivity (Wildman–Crippen MR) is 124 cm³/mol. The molecular weight excluding hydrogens is 426 g/mol. The number of hydrogen-bond donors (Lipinski definition) is 1. The highest BCUT2D eigenvalue weighted by Gasteiger charge is 2.25. The van der Waals surface area contributed by atoms with Gasteiger partial charge in [-0.3, -0.25) is 13.9 Å². The lowest BCUT2D eigenvalue weighted by Crippen LogP contribution is -2.27. The molecule has 1 aliphatic rings. The van der Waals surface area contributed by atoms with E-state index >= 15 is 0 Å². The largest absolute Gasteiger partial charge is 0.320 e. The van der Waals surface area contributed by atoms with Crippen LogP contribution in [0.3, 0.4) is 0 Å². The summed E-state index contributed by atoms with van der Waals surface area (Å²) in [6, 6.07) is 21.7. The van der Waals surface area contributed by atoms with E-state index in [0.717, 1.165) is 6.42 Å². The average Bonchev–Trinajstić information content (AvgIpc) is 3.25. The summed E-state index contributed by atoms with van der Waals surface area (Å²) in [4.78, 5) is 26.8. The molecule has 0 aromatic heterocycles. The zero-order chi connectivity index (χ0) is 22.7. The van der Waals surface area contributed by atoms with Crippen LogP contribution in [0, 0.1) is 0 Å². The lowest BCUT2D eigenvalue weighted by atomic mass is 10.2. The number of rotatable bonds is 6. The highest BCUT2D eigenvalue weighted by Crippen LogP contribution is 2.30. The molecular formula is C24H23N3O4S. The van der Waals surface area contributed by atoms with Crippen LogP contribution in [-0.4, -0.2) is 33.8 Å². The third-order valence-corrected chi connectivity index (χ3v) is 7.17. The molecule has 0 saturated carbocycles. The minimum Gasteiger partial charge on any atom is -0.320 e. The first-order chi connectivity index (χ1) is 15.4. The molecule has 8 heteroatoms. The van der Waals surface area contributed by atoms with Gasteiger partial charge in [-0.25, -0.2) is 8.42 Å². The zero-order valence-electron chi connectivity index (χ0n) is 17.6. The molecule has 1 saturated heterocycles. The number of carbonyl (C=O) groups excluding carboxylic acids is 2. The number of hydrogen-bond acceptors (Lipinski definition) is 4. The number of amides is 2. The van der Waals surface area contributed by atoms with Crippen molar-refractivity contribution in [3.05, 3.63) is 84.4 Å². The maximum atomic E-state index is 13.1. The van der Waals surface area contributed by atoms with Crippen LogP contribution in [0.1, 0.15) is 23.2 Å². The number of sulfonamides is 1. The van der Waals surface area contributed by atoms with Gasteiger partial charge in [0.2, 0.25) is 5.91 Å². The Hall–Kier alpha value is -3.65. The van der Waals surface area contributed by atoms with Crippen LogP contribution in [0.4, 0.5) is 17.1 Å². The third kappa shape index (κ3) is 4.22. The SMILES string of the molecule is CN(c1ccccc1)S(=O)(=O)c1cccc(C(=O)Nc2ccccc2N2CCCC2=O)c1. The molecule has 1 fully saturated rings. The molecule has 1 heterocycles. The van der Waals surface area contributed by atoms with E-state index in [4.69, 9.17) is 0 Å². The van der Waals surface area contributed by atoms with E-state index in [1.165, 1.54) is 29.6 Å². The smallest absolute Gasteiger partial charge is 0.264 e. The fourth-order valence-electron chi connectivity index (χ4n) is 3.64. The van der Waals surface area contributed by atoms with Crippen LogP contribution in [-0.2, 0) is 14.8 Å². The van der Waals surface area contributed by atoms with E-state index in [1.807, 2.05) is 12.1 Å². The molecule has 7 nitrogen and oxygen atoms in total. The Bertz CT molecular complexity index is 1260. The molecule has 3 aromatic carbocycles. The first-order valence-electron chi connectivity index (χ1n) is 10.2. The van der Waals surface area contributed by atoms with E-state index in [9.17, 15) is 18.0 Å². The number of benzene rings is 3. The van der Waals surface area contributed by atoms with Crippen molar-refractivity contribution in [1.82, 2.24) is 0 Å². The molecule has 0 unspecified atom stereocenters. The van der Waals surface area contributed by atoms with Gasteiger partial charge in [0.25, 0.3) is 15.9 Å². The van der Waals surface area contributed by atoms with Gasteiger partial charge in [-0.2, -0.15) is 0 Å². The molecule has 4 rings (SSSR count). The van der Waals surface area contributed by atoms with Crippen molar-refractivity contribution in [3.8, 4) is 0 Å². The summed E-state index contributed by atoms with van der Waals surface area (Å²) in [5.74, 6) is -0.438. The molecule has 0 atom stereocenters. The average molecular weight is 450 g/mol. The van der Waals surface area contributed by atoms with Gasteiger partial charge in [-0.15, -0.1) is 0 Å². The van der Waals surface area contributed by atoms with Gasteiger partial charge in [0, 0.05) is 25.6 Å². The van der Waals surface area contributed by atoms with Crippen LogP contribution in [0.2, 0.25) is 0 Å². The Morgan fingerprint density at radius 3 is 2.41 bits per heavy atom. The molecule has 2 amide bonds. The van der Waals surface area contributed by atoms with Crippen LogP contribution in [0.25, 0.3) is 0 Å². The normalized spacial score (nSPS) is 13.8. The summed E-state index contributed by atoms with van der Waals surface area (Å²) in [6.07, 6.45) is 1.26. The first-order valence-corrected chi connectivity index (χ1v) is 11.7. The van der Waals surface area contributed by atoms with Crippen LogP contribution in [0.15, 0.2) is 83.8 Å². The van der Waals surface area contributed by atoms with Gasteiger partial charge in [0.15, 0.2) is 0 Å². The van der Waals surface area contributed by atoms with E-state index in [1.54, 1.807) is 53.4 Å². The summed E-state index contributed by atoms with van der Waals surface area (Å²) in [5, 5.41) is 2.82. The molecule has 1 aliphatic heterocycles. The fourth-order valence-corrected chi connectivity index (χ4v) is 4.89. The molecule has 0 bridgehead atoms. The summed E-state index contributed by atoms with van der Waals surface area (Å²) in [6.45, 7) is 0.602. The Balaban J connectivity index is 1.60. The van der Waals surface area contributed by atoms with Gasteiger partial charge >= 0.3 is 0 Å². The number of carbonyl (C=O) groups is 2. The molecule has 0 spiro atoms. The quantitative estimate of drug-likeness (QED) is 0.619. The maximum Gasteiger partial charge on any atom is 0.264 e. The van der Waals surface area contributed by atoms with Gasteiger partial charge in [0.1, 0.15) is 0 Å². The molecule has 1 N–H and O–H groups in total. The Morgan fingerprint density at radius 1 is 0.969 bits per heavy atom. The standard InChI is InChI=1S/C24H23N3O4S/c1-26(19-10-3-2-4-11-19)32(30,31)20-12-7-9-18(17-20)24(29)25-21-13-5-6-14-22(21)27-16-8-15-23(27)28/h2-7,9-14,17H,8,15-16H2,1H3,(H,25,29). The molecule has 0 radical (unpaired) electrons. The van der Waals surface area contributed by atoms with Gasteiger partial charge in [-0.1, -0.05) is 36.4 Å². The molecule has 32 heavy (non-hydrogen) atoms. The second kappa shape index (κ2) is 8.84. The predicted octanol–water partition coefficient (Wildman–Crippen LogP) is 3.89. The number of nitrogens with zero attached hydrogens (tertiary/aromatic N) is 2. The van der Waals surface area contributed by atoms with Crippen LogP contribution in [0.5, 0.6) is 0 Å². The van der Waals surface area contributed by atoms with Crippen molar-refractivity contribution in [1.29, 1.82) is 0 Å². The summed E-state index contributed by atoms with van der Waals surface area (Å²) in [5.41, 5.74) is 1.86. The topological polar surface area (TPSA) is 86.8 Å². The lowest BCUT2D eigenvalue weighted by Gasteiger charge is -2.21. The number of anilines is 3. The summed E-state index contributed by atoms with van der Waals surface area (Å²) < 4.78 is 27.3. The monoisotopic (exact) mass is 449 g/mol. The molecule has 164 valence electrons. The van der Waals surface area contributed by atoms with Crippen molar-refractivity contribution >= 4 is 38.9 Å². The zero-order valence-corrected chi connectivity index (χ0v) is 18.4. The minimum absolute atomic E-state index is 0.0134. The van der Waals surface area contributed by atoms with Gasteiger partial charge in [-0.05, 0) is 48.9 Å². The Morgan fingerprint density at radius 2 is 1.69 bits per heavy atom. The highest BCUT2D eigenvalue weighted by molar-refractivity contribution is 7.92. The lowest BCUT2D eigenvalue weighted by molar-refractivity contribution is -0.117. The van der Waals surface area contributed by atoms with Crippen molar-refractivity contribution in [2.45, 2.75) is 17.7 Å². The second-order valence-corrected chi connectivity index (χ2v) is 9.43. The summed E-state index contributed by atoms with van der Waals surface area (Å²) in [7, 11) is -2.38.